The Labute approximate surface area is 156 Å². The summed E-state index contributed by atoms with van der Waals surface area (Å²) in [6.45, 7) is 2.54. The third-order valence-corrected chi connectivity index (χ3v) is 3.96. The number of hydrogen-bond acceptors (Lipinski definition) is 6. The minimum Gasteiger partial charge on any atom is -0.487 e. The molecule has 0 aliphatic rings. The predicted octanol–water partition coefficient (Wildman–Crippen LogP) is 2.71. The Kier molecular flexibility index (Phi) is 5.65. The van der Waals surface area contributed by atoms with E-state index in [-0.39, 0.29) is 6.42 Å². The monoisotopic (exact) mass is 368 g/mol. The van der Waals surface area contributed by atoms with Gasteiger partial charge in [-0.2, -0.15) is 5.10 Å². The number of rotatable bonds is 8. The van der Waals surface area contributed by atoms with Gasteiger partial charge < -0.3 is 14.6 Å². The van der Waals surface area contributed by atoms with Crippen LogP contribution in [0.5, 0.6) is 11.6 Å². The summed E-state index contributed by atoms with van der Waals surface area (Å²) in [6.07, 6.45) is 5.08. The maximum Gasteiger partial charge on any atom is 0.305 e. The molecule has 1 N–H and O–H groups in total. The van der Waals surface area contributed by atoms with Gasteiger partial charge in [0.2, 0.25) is 5.88 Å². The molecule has 0 atom stereocenters. The predicted molar refractivity (Wildman–Crippen MR) is 97.6 cm³/mol. The van der Waals surface area contributed by atoms with E-state index in [2.05, 4.69) is 15.1 Å². The Balaban J connectivity index is 1.75. The van der Waals surface area contributed by atoms with Crippen molar-refractivity contribution in [2.75, 3.05) is 7.11 Å². The lowest BCUT2D eigenvalue weighted by atomic mass is 10.1. The van der Waals surface area contributed by atoms with Crippen molar-refractivity contribution in [3.63, 3.8) is 0 Å². The van der Waals surface area contributed by atoms with Crippen molar-refractivity contribution in [2.24, 2.45) is 0 Å². The Morgan fingerprint density at radius 2 is 2.15 bits per heavy atom. The van der Waals surface area contributed by atoms with Gasteiger partial charge in [-0.05, 0) is 24.6 Å². The standard InChI is InChI=1S/C19H20N4O4/c1-13-10-17(26-2)21-11-16(13)27-12-14-4-3-7-20-19(14)15-5-8-23(22-15)9-6-18(24)25/h3-5,7-8,10-11H,6,9,12H2,1-2H3,(H,24,25). The number of carboxylic acid groups (broad SMARTS) is 1. The third kappa shape index (κ3) is 4.60. The summed E-state index contributed by atoms with van der Waals surface area (Å²) in [6, 6.07) is 7.38. The number of methoxy groups -OCH3 is 1. The Morgan fingerprint density at radius 1 is 1.30 bits per heavy atom. The van der Waals surface area contributed by atoms with E-state index in [4.69, 9.17) is 14.6 Å². The summed E-state index contributed by atoms with van der Waals surface area (Å²) in [7, 11) is 1.57. The molecule has 0 saturated heterocycles. The highest BCUT2D eigenvalue weighted by atomic mass is 16.5. The van der Waals surface area contributed by atoms with Gasteiger partial charge in [-0.15, -0.1) is 0 Å². The second-order valence-corrected chi connectivity index (χ2v) is 5.90. The number of ether oxygens (including phenoxy) is 2. The van der Waals surface area contributed by atoms with Gasteiger partial charge in [0, 0.05) is 24.0 Å². The normalized spacial score (nSPS) is 10.6. The molecule has 0 aromatic carbocycles. The fourth-order valence-electron chi connectivity index (χ4n) is 2.54. The number of carboxylic acids is 1. The van der Waals surface area contributed by atoms with Crippen molar-refractivity contribution in [3.8, 4) is 23.0 Å². The lowest BCUT2D eigenvalue weighted by Crippen LogP contribution is -2.05. The van der Waals surface area contributed by atoms with Gasteiger partial charge in [-0.1, -0.05) is 6.07 Å². The van der Waals surface area contributed by atoms with Crippen LogP contribution >= 0.6 is 0 Å². The van der Waals surface area contributed by atoms with E-state index in [0.717, 1.165) is 11.1 Å². The number of aromatic nitrogens is 4. The van der Waals surface area contributed by atoms with E-state index in [1.807, 2.05) is 31.2 Å². The average molecular weight is 368 g/mol. The largest absolute Gasteiger partial charge is 0.487 e. The highest BCUT2D eigenvalue weighted by molar-refractivity contribution is 5.66. The molecule has 3 aromatic rings. The van der Waals surface area contributed by atoms with Crippen LogP contribution in [-0.2, 0) is 17.9 Å². The second-order valence-electron chi connectivity index (χ2n) is 5.90. The minimum absolute atomic E-state index is 0.0169. The summed E-state index contributed by atoms with van der Waals surface area (Å²) >= 11 is 0. The molecule has 140 valence electrons. The van der Waals surface area contributed by atoms with Crippen LogP contribution in [0.1, 0.15) is 17.5 Å². The maximum absolute atomic E-state index is 10.7. The number of aryl methyl sites for hydroxylation is 2. The SMILES string of the molecule is COc1cc(C)c(OCc2cccnc2-c2ccn(CCC(=O)O)n2)cn1. The zero-order valence-corrected chi connectivity index (χ0v) is 15.1. The van der Waals surface area contributed by atoms with Gasteiger partial charge in [0.15, 0.2) is 0 Å². The van der Waals surface area contributed by atoms with Crippen LogP contribution in [0, 0.1) is 6.92 Å². The van der Waals surface area contributed by atoms with Gasteiger partial charge in [-0.25, -0.2) is 4.98 Å². The number of nitrogens with zero attached hydrogens (tertiary/aromatic N) is 4. The zero-order chi connectivity index (χ0) is 19.2. The fraction of sp³-hybridized carbons (Fsp3) is 0.263. The summed E-state index contributed by atoms with van der Waals surface area (Å²) in [4.78, 5) is 19.3. The van der Waals surface area contributed by atoms with E-state index in [1.54, 1.807) is 30.4 Å². The first-order valence-corrected chi connectivity index (χ1v) is 8.40. The van der Waals surface area contributed by atoms with Crippen LogP contribution in [-0.4, -0.2) is 37.9 Å². The molecule has 0 saturated carbocycles. The quantitative estimate of drug-likeness (QED) is 0.652. The van der Waals surface area contributed by atoms with Crippen molar-refractivity contribution in [3.05, 3.63) is 54.0 Å². The zero-order valence-electron chi connectivity index (χ0n) is 15.1. The number of hydrogen-bond donors (Lipinski definition) is 1. The maximum atomic E-state index is 10.7. The van der Waals surface area contributed by atoms with Crippen LogP contribution in [0.2, 0.25) is 0 Å². The molecule has 0 bridgehead atoms. The average Bonchev–Trinajstić information content (AvgIpc) is 3.14. The molecule has 0 aliphatic heterocycles. The van der Waals surface area contributed by atoms with Gasteiger partial charge in [0.05, 0.1) is 32.0 Å². The van der Waals surface area contributed by atoms with Crippen molar-refractivity contribution >= 4 is 5.97 Å². The molecule has 0 amide bonds. The van der Waals surface area contributed by atoms with Crippen molar-refractivity contribution in [1.82, 2.24) is 19.7 Å². The Hall–Kier alpha value is -3.42. The molecule has 0 unspecified atom stereocenters. The molecule has 3 rings (SSSR count). The molecule has 3 aromatic heterocycles. The van der Waals surface area contributed by atoms with E-state index in [0.29, 0.717) is 36.2 Å². The first-order chi connectivity index (χ1) is 13.1. The number of carbonyl (C=O) groups is 1. The Morgan fingerprint density at radius 3 is 2.89 bits per heavy atom. The molecule has 0 aliphatic carbocycles. The molecule has 0 spiro atoms. The van der Waals surface area contributed by atoms with E-state index in [1.165, 1.54) is 0 Å². The van der Waals surface area contributed by atoms with E-state index < -0.39 is 5.97 Å². The summed E-state index contributed by atoms with van der Waals surface area (Å²) in [5.41, 5.74) is 3.16. The molecule has 27 heavy (non-hydrogen) atoms. The van der Waals surface area contributed by atoms with Crippen molar-refractivity contribution in [1.29, 1.82) is 0 Å². The van der Waals surface area contributed by atoms with Crippen molar-refractivity contribution < 1.29 is 19.4 Å². The molecule has 0 fully saturated rings. The lowest BCUT2D eigenvalue weighted by Gasteiger charge is -2.11. The minimum atomic E-state index is -0.859. The molecular weight excluding hydrogens is 348 g/mol. The summed E-state index contributed by atoms with van der Waals surface area (Å²) in [5.74, 6) is 0.342. The lowest BCUT2D eigenvalue weighted by molar-refractivity contribution is -0.137. The highest BCUT2D eigenvalue weighted by Gasteiger charge is 2.12. The van der Waals surface area contributed by atoms with E-state index >= 15 is 0 Å². The summed E-state index contributed by atoms with van der Waals surface area (Å²) < 4.78 is 12.6. The Bertz CT molecular complexity index is 939. The van der Waals surface area contributed by atoms with Gasteiger partial charge in [0.25, 0.3) is 0 Å². The first-order valence-electron chi connectivity index (χ1n) is 8.40. The molecule has 8 heteroatoms. The van der Waals surface area contributed by atoms with Crippen LogP contribution < -0.4 is 9.47 Å². The molecule has 3 heterocycles. The molecule has 0 radical (unpaired) electrons. The molecule has 8 nitrogen and oxygen atoms in total. The van der Waals surface area contributed by atoms with Crippen LogP contribution in [0.3, 0.4) is 0 Å². The van der Waals surface area contributed by atoms with Gasteiger partial charge in [0.1, 0.15) is 18.1 Å². The van der Waals surface area contributed by atoms with Gasteiger partial charge >= 0.3 is 5.97 Å². The molecular formula is C19H20N4O4. The van der Waals surface area contributed by atoms with Crippen LogP contribution in [0.4, 0.5) is 0 Å². The highest BCUT2D eigenvalue weighted by Crippen LogP contribution is 2.24. The first kappa shape index (κ1) is 18.4. The van der Waals surface area contributed by atoms with Crippen LogP contribution in [0.25, 0.3) is 11.4 Å². The topological polar surface area (TPSA) is 99.4 Å². The fourth-order valence-corrected chi connectivity index (χ4v) is 2.54. The third-order valence-electron chi connectivity index (χ3n) is 3.96. The number of aliphatic carboxylic acids is 1. The number of pyridine rings is 2. The van der Waals surface area contributed by atoms with E-state index in [9.17, 15) is 4.79 Å². The van der Waals surface area contributed by atoms with Crippen LogP contribution in [0.15, 0.2) is 42.9 Å². The van der Waals surface area contributed by atoms with Gasteiger partial charge in [-0.3, -0.25) is 14.5 Å². The van der Waals surface area contributed by atoms with Crippen molar-refractivity contribution in [2.45, 2.75) is 26.5 Å². The smallest absolute Gasteiger partial charge is 0.305 e. The summed E-state index contributed by atoms with van der Waals surface area (Å²) in [5, 5.41) is 13.2. The second kappa shape index (κ2) is 8.31.